The summed E-state index contributed by atoms with van der Waals surface area (Å²) in [5.41, 5.74) is 0. The summed E-state index contributed by atoms with van der Waals surface area (Å²) in [6.45, 7) is 3.32. The minimum atomic E-state index is -0.679. The Morgan fingerprint density at radius 2 is 2.18 bits per heavy atom. The third-order valence-electron chi connectivity index (χ3n) is 3.55. The van der Waals surface area contributed by atoms with Crippen LogP contribution < -0.4 is 5.32 Å². The van der Waals surface area contributed by atoms with Crippen LogP contribution in [0.25, 0.3) is 0 Å². The van der Waals surface area contributed by atoms with E-state index < -0.39 is 5.97 Å². The van der Waals surface area contributed by atoms with Gasteiger partial charge in [-0.2, -0.15) is 0 Å². The van der Waals surface area contributed by atoms with Crippen molar-refractivity contribution in [3.8, 4) is 0 Å². The number of likely N-dealkylation sites (tertiary alicyclic amines) is 1. The van der Waals surface area contributed by atoms with Crippen LogP contribution in [0.4, 0.5) is 0 Å². The van der Waals surface area contributed by atoms with E-state index in [1.165, 1.54) is 25.8 Å². The minimum absolute atomic E-state index is 0.311. The predicted molar refractivity (Wildman–Crippen MR) is 69.2 cm³/mol. The molecule has 1 unspecified atom stereocenters. The van der Waals surface area contributed by atoms with E-state index >= 15 is 0 Å². The number of piperidine rings is 1. The first-order chi connectivity index (χ1) is 8.20. The standard InChI is InChI=1S/C13H26N2O2/c1-15-10-6-4-7-12(15)11-14-9-5-2-3-8-13(16)17/h12,14H,2-11H2,1H3,(H,16,17). The molecule has 0 aromatic carbocycles. The van der Waals surface area contributed by atoms with Crippen molar-refractivity contribution in [3.05, 3.63) is 0 Å². The van der Waals surface area contributed by atoms with E-state index in [0.717, 1.165) is 32.4 Å². The number of carboxylic acid groups (broad SMARTS) is 1. The predicted octanol–water partition coefficient (Wildman–Crippen LogP) is 1.71. The molecule has 0 aromatic rings. The number of nitrogens with zero attached hydrogens (tertiary/aromatic N) is 1. The normalized spacial score (nSPS) is 21.6. The Balaban J connectivity index is 1.91. The Bertz CT molecular complexity index is 221. The molecule has 1 fully saturated rings. The molecule has 1 atom stereocenters. The Labute approximate surface area is 104 Å². The van der Waals surface area contributed by atoms with E-state index in [4.69, 9.17) is 5.11 Å². The van der Waals surface area contributed by atoms with Crippen molar-refractivity contribution in [1.82, 2.24) is 10.2 Å². The lowest BCUT2D eigenvalue weighted by Crippen LogP contribution is -2.43. The van der Waals surface area contributed by atoms with Gasteiger partial charge in [-0.25, -0.2) is 0 Å². The summed E-state index contributed by atoms with van der Waals surface area (Å²) in [5, 5.41) is 12.0. The molecular formula is C13H26N2O2. The molecular weight excluding hydrogens is 216 g/mol. The molecule has 100 valence electrons. The van der Waals surface area contributed by atoms with E-state index in [2.05, 4.69) is 17.3 Å². The molecule has 4 nitrogen and oxygen atoms in total. The largest absolute Gasteiger partial charge is 0.481 e. The molecule has 0 aliphatic carbocycles. The van der Waals surface area contributed by atoms with Crippen LogP contribution in [0, 0.1) is 0 Å². The van der Waals surface area contributed by atoms with Gasteiger partial charge in [-0.1, -0.05) is 12.8 Å². The highest BCUT2D eigenvalue weighted by Crippen LogP contribution is 2.13. The highest BCUT2D eigenvalue weighted by Gasteiger charge is 2.17. The van der Waals surface area contributed by atoms with Crippen molar-refractivity contribution >= 4 is 5.97 Å². The molecule has 0 bridgehead atoms. The van der Waals surface area contributed by atoms with Gasteiger partial charge in [0, 0.05) is 19.0 Å². The number of carbonyl (C=O) groups is 1. The lowest BCUT2D eigenvalue weighted by molar-refractivity contribution is -0.137. The average Bonchev–Trinajstić information content (AvgIpc) is 2.30. The van der Waals surface area contributed by atoms with Crippen molar-refractivity contribution < 1.29 is 9.90 Å². The first kappa shape index (κ1) is 14.5. The molecule has 0 spiro atoms. The first-order valence-corrected chi connectivity index (χ1v) is 6.83. The van der Waals surface area contributed by atoms with Gasteiger partial charge >= 0.3 is 5.97 Å². The van der Waals surface area contributed by atoms with Crippen LogP contribution in [-0.2, 0) is 4.79 Å². The summed E-state index contributed by atoms with van der Waals surface area (Å²) in [6, 6.07) is 0.697. The maximum Gasteiger partial charge on any atom is 0.303 e. The summed E-state index contributed by atoms with van der Waals surface area (Å²) in [4.78, 5) is 12.8. The molecule has 4 heteroatoms. The number of nitrogens with one attached hydrogen (secondary N) is 1. The zero-order chi connectivity index (χ0) is 12.5. The highest BCUT2D eigenvalue weighted by atomic mass is 16.4. The Hall–Kier alpha value is -0.610. The summed E-state index contributed by atoms with van der Waals surface area (Å²) >= 11 is 0. The molecule has 1 aliphatic heterocycles. The van der Waals surface area contributed by atoms with Gasteiger partial charge in [0.15, 0.2) is 0 Å². The lowest BCUT2D eigenvalue weighted by atomic mass is 10.0. The topological polar surface area (TPSA) is 52.6 Å². The van der Waals surface area contributed by atoms with Gasteiger partial charge in [0.25, 0.3) is 0 Å². The summed E-state index contributed by atoms with van der Waals surface area (Å²) in [7, 11) is 2.21. The van der Waals surface area contributed by atoms with Crippen LogP contribution in [0.5, 0.6) is 0 Å². The number of likely N-dealkylation sites (N-methyl/N-ethyl adjacent to an activating group) is 1. The zero-order valence-corrected chi connectivity index (χ0v) is 11.0. The highest BCUT2D eigenvalue weighted by molar-refractivity contribution is 5.66. The number of unbranched alkanes of at least 4 members (excludes halogenated alkanes) is 2. The smallest absolute Gasteiger partial charge is 0.303 e. The van der Waals surface area contributed by atoms with Crippen LogP contribution in [0.3, 0.4) is 0 Å². The fourth-order valence-electron chi connectivity index (χ4n) is 2.37. The van der Waals surface area contributed by atoms with E-state index in [1.807, 2.05) is 0 Å². The lowest BCUT2D eigenvalue weighted by Gasteiger charge is -2.32. The first-order valence-electron chi connectivity index (χ1n) is 6.83. The molecule has 0 amide bonds. The van der Waals surface area contributed by atoms with Gasteiger partial charge in [0.1, 0.15) is 0 Å². The van der Waals surface area contributed by atoms with E-state index in [0.29, 0.717) is 12.5 Å². The molecule has 0 aromatic heterocycles. The van der Waals surface area contributed by atoms with Crippen molar-refractivity contribution in [3.63, 3.8) is 0 Å². The zero-order valence-electron chi connectivity index (χ0n) is 11.0. The third kappa shape index (κ3) is 6.64. The van der Waals surface area contributed by atoms with E-state index in [-0.39, 0.29) is 0 Å². The summed E-state index contributed by atoms with van der Waals surface area (Å²) < 4.78 is 0. The second kappa shape index (κ2) is 8.48. The minimum Gasteiger partial charge on any atom is -0.481 e. The summed E-state index contributed by atoms with van der Waals surface area (Å²) in [6.07, 6.45) is 7.22. The van der Waals surface area contributed by atoms with Crippen LogP contribution >= 0.6 is 0 Å². The Morgan fingerprint density at radius 1 is 1.35 bits per heavy atom. The molecule has 0 saturated carbocycles. The molecule has 1 heterocycles. The third-order valence-corrected chi connectivity index (χ3v) is 3.55. The monoisotopic (exact) mass is 242 g/mol. The van der Waals surface area contributed by atoms with Crippen molar-refractivity contribution in [2.24, 2.45) is 0 Å². The van der Waals surface area contributed by atoms with Gasteiger partial charge in [0.05, 0.1) is 0 Å². The maximum atomic E-state index is 10.3. The number of rotatable bonds is 8. The quantitative estimate of drug-likeness (QED) is 0.636. The molecule has 0 radical (unpaired) electrons. The van der Waals surface area contributed by atoms with Gasteiger partial charge in [0.2, 0.25) is 0 Å². The Morgan fingerprint density at radius 3 is 2.88 bits per heavy atom. The van der Waals surface area contributed by atoms with Crippen LogP contribution in [0.15, 0.2) is 0 Å². The molecule has 2 N–H and O–H groups in total. The van der Waals surface area contributed by atoms with Crippen molar-refractivity contribution in [2.45, 2.75) is 51.0 Å². The number of hydrogen-bond donors (Lipinski definition) is 2. The van der Waals surface area contributed by atoms with Gasteiger partial charge in [-0.05, 0) is 45.8 Å². The summed E-state index contributed by atoms with van der Waals surface area (Å²) in [5.74, 6) is -0.679. The fourth-order valence-corrected chi connectivity index (χ4v) is 2.37. The second-order valence-corrected chi connectivity index (χ2v) is 5.04. The molecule has 1 saturated heterocycles. The second-order valence-electron chi connectivity index (χ2n) is 5.04. The van der Waals surface area contributed by atoms with Crippen LogP contribution in [-0.4, -0.2) is 48.7 Å². The van der Waals surface area contributed by atoms with Crippen molar-refractivity contribution in [1.29, 1.82) is 0 Å². The molecule has 1 aliphatic rings. The SMILES string of the molecule is CN1CCCCC1CNCCCCCC(=O)O. The number of carboxylic acids is 1. The average molecular weight is 242 g/mol. The molecule has 1 rings (SSSR count). The van der Waals surface area contributed by atoms with Gasteiger partial charge < -0.3 is 15.3 Å². The number of hydrogen-bond acceptors (Lipinski definition) is 3. The molecule has 17 heavy (non-hydrogen) atoms. The number of aliphatic carboxylic acids is 1. The van der Waals surface area contributed by atoms with Gasteiger partial charge in [-0.3, -0.25) is 4.79 Å². The van der Waals surface area contributed by atoms with E-state index in [9.17, 15) is 4.79 Å². The van der Waals surface area contributed by atoms with Crippen LogP contribution in [0.1, 0.15) is 44.9 Å². The fraction of sp³-hybridized carbons (Fsp3) is 0.923. The van der Waals surface area contributed by atoms with Crippen molar-refractivity contribution in [2.75, 3.05) is 26.7 Å². The van der Waals surface area contributed by atoms with E-state index in [1.54, 1.807) is 0 Å². The maximum absolute atomic E-state index is 10.3. The van der Waals surface area contributed by atoms with Gasteiger partial charge in [-0.15, -0.1) is 0 Å². The Kier molecular flexibility index (Phi) is 7.21. The van der Waals surface area contributed by atoms with Crippen LogP contribution in [0.2, 0.25) is 0 Å².